The van der Waals surface area contributed by atoms with Crippen molar-refractivity contribution in [3.63, 3.8) is 0 Å². The third kappa shape index (κ3) is 4.96. The van der Waals surface area contributed by atoms with Crippen molar-refractivity contribution in [2.75, 3.05) is 11.1 Å². The summed E-state index contributed by atoms with van der Waals surface area (Å²) < 4.78 is 1.93. The molecule has 5 nitrogen and oxygen atoms in total. The molecule has 180 valence electrons. The maximum atomic E-state index is 13.7. The highest BCUT2D eigenvalue weighted by atomic mass is 32.2. The minimum atomic E-state index is -0.0656. The molecule has 1 saturated carbocycles. The first kappa shape index (κ1) is 23.6. The number of nitrogens with zero attached hydrogens (tertiary/aromatic N) is 2. The molecule has 34 heavy (non-hydrogen) atoms. The summed E-state index contributed by atoms with van der Waals surface area (Å²) in [6.45, 7) is 2.19. The lowest BCUT2D eigenvalue weighted by molar-refractivity contribution is -0.113. The van der Waals surface area contributed by atoms with Crippen LogP contribution in [0.4, 0.5) is 5.69 Å². The molecule has 0 unspecified atom stereocenters. The molecular formula is C27H33N3O2S2. The number of thioether (sulfide) groups is 1. The average molecular weight is 496 g/mol. The zero-order chi connectivity index (χ0) is 23.5. The molecule has 2 aliphatic carbocycles. The topological polar surface area (TPSA) is 64.0 Å². The Morgan fingerprint density at radius 2 is 1.91 bits per heavy atom. The number of carbonyl (C=O) groups excluding carboxylic acids is 1. The van der Waals surface area contributed by atoms with Gasteiger partial charge in [0.15, 0.2) is 5.16 Å². The number of unbranched alkanes of at least 4 members (excludes halogenated alkanes) is 1. The van der Waals surface area contributed by atoms with Crippen LogP contribution in [0, 0.1) is 0 Å². The molecule has 0 aliphatic heterocycles. The Hall–Kier alpha value is -2.12. The molecule has 0 radical (unpaired) electrons. The number of fused-ring (bicyclic) bond motifs is 3. The predicted octanol–water partition coefficient (Wildman–Crippen LogP) is 6.53. The van der Waals surface area contributed by atoms with Crippen molar-refractivity contribution < 1.29 is 4.79 Å². The molecule has 0 spiro atoms. The number of hydrogen-bond donors (Lipinski definition) is 1. The van der Waals surface area contributed by atoms with E-state index in [1.54, 1.807) is 11.3 Å². The van der Waals surface area contributed by atoms with Gasteiger partial charge in [0.25, 0.3) is 5.56 Å². The van der Waals surface area contributed by atoms with Gasteiger partial charge in [0.2, 0.25) is 5.91 Å². The van der Waals surface area contributed by atoms with E-state index in [-0.39, 0.29) is 23.3 Å². The Morgan fingerprint density at radius 3 is 2.68 bits per heavy atom. The fourth-order valence-corrected chi connectivity index (χ4v) is 7.42. The van der Waals surface area contributed by atoms with Gasteiger partial charge in [-0.3, -0.25) is 14.2 Å². The lowest BCUT2D eigenvalue weighted by Gasteiger charge is -2.18. The quantitative estimate of drug-likeness (QED) is 0.285. The van der Waals surface area contributed by atoms with Crippen molar-refractivity contribution in [2.45, 2.75) is 88.8 Å². The van der Waals surface area contributed by atoms with Gasteiger partial charge in [0, 0.05) is 16.6 Å². The molecule has 1 N–H and O–H groups in total. The summed E-state index contributed by atoms with van der Waals surface area (Å²) in [7, 11) is 0. The number of amides is 1. The standard InChI is InChI=1S/C27H33N3O2S2/c1-2-3-8-18-13-15-19(16-14-18)28-23(31)17-33-27-29-25-24(21-11-6-7-12-22(21)34-25)26(32)30(27)20-9-4-5-10-20/h13-16,20H,2-12,17H2,1H3,(H,28,31). The number of nitrogens with one attached hydrogen (secondary N) is 1. The maximum Gasteiger partial charge on any atom is 0.263 e. The van der Waals surface area contributed by atoms with Crippen molar-refractivity contribution in [1.82, 2.24) is 9.55 Å². The lowest BCUT2D eigenvalue weighted by atomic mass is 9.97. The van der Waals surface area contributed by atoms with E-state index in [0.29, 0.717) is 5.16 Å². The van der Waals surface area contributed by atoms with Gasteiger partial charge in [-0.05, 0) is 74.6 Å². The van der Waals surface area contributed by atoms with Crippen LogP contribution in [0.3, 0.4) is 0 Å². The zero-order valence-corrected chi connectivity index (χ0v) is 21.5. The summed E-state index contributed by atoms with van der Waals surface area (Å²) in [5, 5.41) is 4.56. The normalized spacial score (nSPS) is 16.1. The number of thiophene rings is 1. The number of hydrogen-bond acceptors (Lipinski definition) is 5. The van der Waals surface area contributed by atoms with Crippen molar-refractivity contribution in [1.29, 1.82) is 0 Å². The molecule has 1 amide bonds. The summed E-state index contributed by atoms with van der Waals surface area (Å²) in [6, 6.07) is 8.32. The fourth-order valence-electron chi connectivity index (χ4n) is 5.25. The van der Waals surface area contributed by atoms with E-state index in [1.165, 1.54) is 47.0 Å². The summed E-state index contributed by atoms with van der Waals surface area (Å²) in [5.74, 6) is 0.178. The van der Waals surface area contributed by atoms with Crippen molar-refractivity contribution in [2.24, 2.45) is 0 Å². The molecule has 2 aliphatic rings. The first-order valence-electron chi connectivity index (χ1n) is 12.7. The van der Waals surface area contributed by atoms with Gasteiger partial charge in [-0.1, -0.05) is 50.1 Å². The maximum absolute atomic E-state index is 13.7. The lowest BCUT2D eigenvalue weighted by Crippen LogP contribution is -2.27. The van der Waals surface area contributed by atoms with Gasteiger partial charge in [-0.25, -0.2) is 4.98 Å². The number of aryl methyl sites for hydroxylation is 3. The third-order valence-corrected chi connectivity index (χ3v) is 9.21. The number of anilines is 1. The molecule has 7 heteroatoms. The van der Waals surface area contributed by atoms with E-state index >= 15 is 0 Å². The first-order valence-corrected chi connectivity index (χ1v) is 14.5. The molecule has 1 aromatic carbocycles. The Kier molecular flexibility index (Phi) is 7.40. The van der Waals surface area contributed by atoms with Gasteiger partial charge in [0.05, 0.1) is 11.1 Å². The summed E-state index contributed by atoms with van der Waals surface area (Å²) in [6.07, 6.45) is 12.1. The molecule has 2 heterocycles. The van der Waals surface area contributed by atoms with Crippen LogP contribution in [0.5, 0.6) is 0 Å². The van der Waals surface area contributed by atoms with Crippen LogP contribution in [0.1, 0.15) is 80.3 Å². The molecular weight excluding hydrogens is 462 g/mol. The second kappa shape index (κ2) is 10.6. The smallest absolute Gasteiger partial charge is 0.263 e. The molecule has 2 aromatic heterocycles. The molecule has 0 atom stereocenters. The van der Waals surface area contributed by atoms with E-state index in [1.807, 2.05) is 16.7 Å². The van der Waals surface area contributed by atoms with Crippen LogP contribution < -0.4 is 10.9 Å². The zero-order valence-electron chi connectivity index (χ0n) is 19.9. The highest BCUT2D eigenvalue weighted by Crippen LogP contribution is 2.37. The van der Waals surface area contributed by atoms with Crippen LogP contribution in [-0.4, -0.2) is 21.2 Å². The van der Waals surface area contributed by atoms with Gasteiger partial charge < -0.3 is 5.32 Å². The van der Waals surface area contributed by atoms with Crippen molar-refractivity contribution in [3.8, 4) is 0 Å². The molecule has 1 fully saturated rings. The second-order valence-electron chi connectivity index (χ2n) is 9.54. The predicted molar refractivity (Wildman–Crippen MR) is 142 cm³/mol. The van der Waals surface area contributed by atoms with Crippen LogP contribution in [0.2, 0.25) is 0 Å². The molecule has 0 saturated heterocycles. The third-order valence-electron chi connectivity index (χ3n) is 7.07. The van der Waals surface area contributed by atoms with Crippen LogP contribution in [0.15, 0.2) is 34.2 Å². The van der Waals surface area contributed by atoms with Crippen molar-refractivity contribution >= 4 is 44.9 Å². The van der Waals surface area contributed by atoms with Crippen LogP contribution >= 0.6 is 23.1 Å². The van der Waals surface area contributed by atoms with E-state index in [4.69, 9.17) is 4.98 Å². The van der Waals surface area contributed by atoms with E-state index < -0.39 is 0 Å². The number of rotatable bonds is 8. The van der Waals surface area contributed by atoms with Gasteiger partial charge in [-0.2, -0.15) is 0 Å². The SMILES string of the molecule is CCCCc1ccc(NC(=O)CSc2nc3sc4c(c3c(=O)n2C2CCCC2)CCCC4)cc1. The van der Waals surface area contributed by atoms with E-state index in [2.05, 4.69) is 24.4 Å². The summed E-state index contributed by atoms with van der Waals surface area (Å²) in [4.78, 5) is 33.6. The Bertz CT molecular complexity index is 1220. The fraction of sp³-hybridized carbons (Fsp3) is 0.519. The minimum absolute atomic E-state index is 0.0656. The Balaban J connectivity index is 1.36. The Morgan fingerprint density at radius 1 is 1.15 bits per heavy atom. The second-order valence-corrected chi connectivity index (χ2v) is 11.6. The first-order chi connectivity index (χ1) is 16.6. The van der Waals surface area contributed by atoms with Crippen molar-refractivity contribution in [3.05, 3.63) is 50.6 Å². The summed E-state index contributed by atoms with van der Waals surface area (Å²) >= 11 is 3.08. The number of carbonyl (C=O) groups is 1. The molecule has 5 rings (SSSR count). The number of benzene rings is 1. The van der Waals surface area contributed by atoms with Gasteiger partial charge in [-0.15, -0.1) is 11.3 Å². The van der Waals surface area contributed by atoms with Crippen LogP contribution in [0.25, 0.3) is 10.2 Å². The highest BCUT2D eigenvalue weighted by Gasteiger charge is 2.27. The van der Waals surface area contributed by atoms with Gasteiger partial charge >= 0.3 is 0 Å². The minimum Gasteiger partial charge on any atom is -0.325 e. The molecule has 0 bridgehead atoms. The van der Waals surface area contributed by atoms with E-state index in [9.17, 15) is 9.59 Å². The Labute approximate surface area is 209 Å². The summed E-state index contributed by atoms with van der Waals surface area (Å²) in [5.41, 5.74) is 3.47. The number of aromatic nitrogens is 2. The van der Waals surface area contributed by atoms with Gasteiger partial charge in [0.1, 0.15) is 4.83 Å². The monoisotopic (exact) mass is 495 g/mol. The molecule has 3 aromatic rings. The van der Waals surface area contributed by atoms with Crippen LogP contribution in [-0.2, 0) is 24.1 Å². The highest BCUT2D eigenvalue weighted by molar-refractivity contribution is 7.99. The average Bonchev–Trinajstić information content (AvgIpc) is 3.50. The largest absolute Gasteiger partial charge is 0.325 e. The van der Waals surface area contributed by atoms with E-state index in [0.717, 1.165) is 67.3 Å².